The molecule has 0 unspecified atom stereocenters. The Morgan fingerprint density at radius 1 is 1.33 bits per heavy atom. The van der Waals surface area contributed by atoms with Crippen LogP contribution in [0.5, 0.6) is 0 Å². The SMILES string of the molecule is CCS(=O)(=O)N1CCC(NC(=O)[C@H](C)Sc2cc(C)c(C#N)c3nc4ccccc4n23)CC1. The van der Waals surface area contributed by atoms with Gasteiger partial charge in [0.25, 0.3) is 0 Å². The highest BCUT2D eigenvalue weighted by atomic mass is 32.2. The first-order valence-corrected chi connectivity index (χ1v) is 13.5. The number of nitrogens with one attached hydrogen (secondary N) is 1. The number of rotatable bonds is 6. The number of carbonyl (C=O) groups is 1. The van der Waals surface area contributed by atoms with Crippen LogP contribution in [-0.4, -0.2) is 58.1 Å². The van der Waals surface area contributed by atoms with E-state index in [1.165, 1.54) is 16.1 Å². The van der Waals surface area contributed by atoms with Gasteiger partial charge in [0.05, 0.1) is 32.6 Å². The van der Waals surface area contributed by atoms with Gasteiger partial charge in [-0.05, 0) is 57.4 Å². The Hall–Kier alpha value is -2.61. The number of piperidine rings is 1. The molecule has 1 aromatic carbocycles. The molecule has 4 rings (SSSR count). The number of amides is 1. The van der Waals surface area contributed by atoms with Gasteiger partial charge in [-0.25, -0.2) is 17.7 Å². The van der Waals surface area contributed by atoms with E-state index < -0.39 is 10.0 Å². The summed E-state index contributed by atoms with van der Waals surface area (Å²) in [4.78, 5) is 17.6. The summed E-state index contributed by atoms with van der Waals surface area (Å²) in [5.41, 5.74) is 3.63. The Bertz CT molecular complexity index is 1350. The lowest BCUT2D eigenvalue weighted by molar-refractivity contribution is -0.121. The predicted molar refractivity (Wildman–Crippen MR) is 130 cm³/mol. The molecule has 3 aromatic rings. The summed E-state index contributed by atoms with van der Waals surface area (Å²) in [5.74, 6) is 0.00966. The first kappa shape index (κ1) is 23.5. The maximum atomic E-state index is 13.0. The second-order valence-corrected chi connectivity index (χ2v) is 11.9. The van der Waals surface area contributed by atoms with E-state index in [2.05, 4.69) is 16.4 Å². The second kappa shape index (κ2) is 9.33. The minimum absolute atomic E-state index is 0.0411. The van der Waals surface area contributed by atoms with Crippen LogP contribution in [0.1, 0.15) is 37.8 Å². The van der Waals surface area contributed by atoms with Gasteiger partial charge in [0.15, 0.2) is 5.65 Å². The highest BCUT2D eigenvalue weighted by Crippen LogP contribution is 2.31. The molecular formula is C23H27N5O3S2. The summed E-state index contributed by atoms with van der Waals surface area (Å²) in [7, 11) is -3.19. The molecule has 0 bridgehead atoms. The summed E-state index contributed by atoms with van der Waals surface area (Å²) in [5, 5.41) is 13.2. The van der Waals surface area contributed by atoms with E-state index >= 15 is 0 Å². The van der Waals surface area contributed by atoms with Crippen LogP contribution in [0.15, 0.2) is 35.4 Å². The van der Waals surface area contributed by atoms with E-state index in [0.29, 0.717) is 37.1 Å². The Balaban J connectivity index is 1.52. The van der Waals surface area contributed by atoms with Crippen LogP contribution < -0.4 is 5.32 Å². The van der Waals surface area contributed by atoms with Crippen LogP contribution >= 0.6 is 11.8 Å². The molecule has 0 aliphatic carbocycles. The van der Waals surface area contributed by atoms with Gasteiger partial charge in [-0.1, -0.05) is 23.9 Å². The van der Waals surface area contributed by atoms with Gasteiger partial charge in [0, 0.05) is 19.1 Å². The number of fused-ring (bicyclic) bond motifs is 3. The van der Waals surface area contributed by atoms with Crippen molar-refractivity contribution in [1.29, 1.82) is 5.26 Å². The highest BCUT2D eigenvalue weighted by Gasteiger charge is 2.29. The molecule has 8 nitrogen and oxygen atoms in total. The zero-order valence-corrected chi connectivity index (χ0v) is 20.5. The molecule has 0 saturated carbocycles. The lowest BCUT2D eigenvalue weighted by Gasteiger charge is -2.31. The number of benzene rings is 1. The minimum Gasteiger partial charge on any atom is -0.352 e. The quantitative estimate of drug-likeness (QED) is 0.538. The van der Waals surface area contributed by atoms with Crippen molar-refractivity contribution in [3.05, 3.63) is 41.5 Å². The third-order valence-corrected chi connectivity index (χ3v) is 9.07. The fourth-order valence-corrected chi connectivity index (χ4v) is 6.36. The first-order valence-electron chi connectivity index (χ1n) is 11.0. The van der Waals surface area contributed by atoms with Crippen LogP contribution in [0.25, 0.3) is 16.7 Å². The Morgan fingerprint density at radius 3 is 2.70 bits per heavy atom. The molecule has 1 amide bonds. The molecule has 0 spiro atoms. The number of imidazole rings is 1. The van der Waals surface area contributed by atoms with Crippen molar-refractivity contribution in [3.63, 3.8) is 0 Å². The molecule has 1 aliphatic heterocycles. The molecule has 2 aromatic heterocycles. The van der Waals surface area contributed by atoms with Crippen molar-refractivity contribution in [3.8, 4) is 6.07 Å². The number of hydrogen-bond donors (Lipinski definition) is 1. The molecule has 1 aliphatic rings. The Morgan fingerprint density at radius 2 is 2.03 bits per heavy atom. The van der Waals surface area contributed by atoms with Gasteiger partial charge in [0.2, 0.25) is 15.9 Å². The van der Waals surface area contributed by atoms with Crippen LogP contribution in [0.2, 0.25) is 0 Å². The minimum atomic E-state index is -3.19. The molecule has 0 radical (unpaired) electrons. The smallest absolute Gasteiger partial charge is 0.233 e. The van der Waals surface area contributed by atoms with Gasteiger partial charge in [-0.2, -0.15) is 5.26 Å². The molecule has 174 valence electrons. The fraction of sp³-hybridized carbons (Fsp3) is 0.435. The molecular weight excluding hydrogens is 458 g/mol. The second-order valence-electron chi connectivity index (χ2n) is 8.25. The number of carbonyl (C=O) groups excluding carboxylic acids is 1. The van der Waals surface area contributed by atoms with E-state index in [-0.39, 0.29) is 23.0 Å². The van der Waals surface area contributed by atoms with Crippen LogP contribution in [0.3, 0.4) is 0 Å². The van der Waals surface area contributed by atoms with Gasteiger partial charge in [-0.3, -0.25) is 9.20 Å². The predicted octanol–water partition coefficient (Wildman–Crippen LogP) is 3.08. The monoisotopic (exact) mass is 485 g/mol. The van der Waals surface area contributed by atoms with Crippen molar-refractivity contribution < 1.29 is 13.2 Å². The summed E-state index contributed by atoms with van der Waals surface area (Å²) >= 11 is 1.43. The van der Waals surface area contributed by atoms with E-state index in [1.54, 1.807) is 6.92 Å². The Labute approximate surface area is 198 Å². The fourth-order valence-electron chi connectivity index (χ4n) is 4.15. The molecule has 33 heavy (non-hydrogen) atoms. The number of nitrogens with zero attached hydrogens (tertiary/aromatic N) is 4. The third kappa shape index (κ3) is 4.58. The zero-order chi connectivity index (χ0) is 23.8. The number of sulfonamides is 1. The van der Waals surface area contributed by atoms with Crippen LogP contribution in [-0.2, 0) is 14.8 Å². The standard InChI is InChI=1S/C23H27N5O3S2/c1-4-33(30,31)27-11-9-17(10-12-27)25-23(29)16(3)32-21-13-15(2)18(14-24)22-26-19-7-5-6-8-20(19)28(21)22/h5-8,13,16-17H,4,9-12H2,1-3H3,(H,25,29)/t16-/m0/s1. The molecule has 1 N–H and O–H groups in total. The van der Waals surface area contributed by atoms with Gasteiger partial charge < -0.3 is 5.32 Å². The van der Waals surface area contributed by atoms with Gasteiger partial charge in [-0.15, -0.1) is 0 Å². The highest BCUT2D eigenvalue weighted by molar-refractivity contribution is 8.00. The molecule has 1 fully saturated rings. The van der Waals surface area contributed by atoms with E-state index in [4.69, 9.17) is 0 Å². The number of pyridine rings is 1. The lowest BCUT2D eigenvalue weighted by Crippen LogP contribution is -2.48. The number of thioether (sulfide) groups is 1. The molecule has 3 heterocycles. The molecule has 1 saturated heterocycles. The molecule has 10 heteroatoms. The van der Waals surface area contributed by atoms with E-state index in [9.17, 15) is 18.5 Å². The summed E-state index contributed by atoms with van der Waals surface area (Å²) in [6, 6.07) is 11.9. The summed E-state index contributed by atoms with van der Waals surface area (Å²) in [6.45, 7) is 6.24. The van der Waals surface area contributed by atoms with Crippen molar-refractivity contribution in [1.82, 2.24) is 19.0 Å². The van der Waals surface area contributed by atoms with E-state index in [0.717, 1.165) is 21.6 Å². The van der Waals surface area contributed by atoms with Crippen molar-refractivity contribution >= 4 is 44.4 Å². The zero-order valence-electron chi connectivity index (χ0n) is 18.9. The maximum Gasteiger partial charge on any atom is 0.233 e. The normalized spacial score (nSPS) is 16.7. The van der Waals surface area contributed by atoms with Gasteiger partial charge >= 0.3 is 0 Å². The molecule has 1 atom stereocenters. The summed E-state index contributed by atoms with van der Waals surface area (Å²) < 4.78 is 27.6. The largest absolute Gasteiger partial charge is 0.352 e. The van der Waals surface area contributed by atoms with E-state index in [1.807, 2.05) is 48.6 Å². The average Bonchev–Trinajstić information content (AvgIpc) is 3.19. The maximum absolute atomic E-state index is 13.0. The number of para-hydroxylation sites is 2. The van der Waals surface area contributed by atoms with Crippen molar-refractivity contribution in [2.75, 3.05) is 18.8 Å². The third-order valence-electron chi connectivity index (χ3n) is 6.08. The van der Waals surface area contributed by atoms with Crippen molar-refractivity contribution in [2.45, 2.75) is 49.9 Å². The number of aryl methyl sites for hydroxylation is 1. The number of hydrogen-bond acceptors (Lipinski definition) is 6. The number of aromatic nitrogens is 2. The topological polar surface area (TPSA) is 108 Å². The lowest BCUT2D eigenvalue weighted by atomic mass is 10.1. The van der Waals surface area contributed by atoms with Gasteiger partial charge in [0.1, 0.15) is 6.07 Å². The van der Waals surface area contributed by atoms with Crippen LogP contribution in [0, 0.1) is 18.3 Å². The van der Waals surface area contributed by atoms with Crippen molar-refractivity contribution in [2.24, 2.45) is 0 Å². The summed E-state index contributed by atoms with van der Waals surface area (Å²) in [6.07, 6.45) is 1.21. The number of nitriles is 1. The average molecular weight is 486 g/mol. The Kier molecular flexibility index (Phi) is 6.66. The first-order chi connectivity index (χ1) is 15.7. The van der Waals surface area contributed by atoms with Crippen LogP contribution in [0.4, 0.5) is 0 Å².